The topological polar surface area (TPSA) is 54.8 Å². The molecule has 7 nitrogen and oxygen atoms in total. The average Bonchev–Trinajstić information content (AvgIpc) is 3.55. The maximum Gasteiger partial charge on any atom is 0.170 e. The Bertz CT molecular complexity index is 864. The van der Waals surface area contributed by atoms with Gasteiger partial charge in [-0.1, -0.05) is 6.07 Å². The summed E-state index contributed by atoms with van der Waals surface area (Å²) in [5.74, 6) is 0. The number of hydrogen-bond acceptors (Lipinski definition) is 5. The molecule has 0 aliphatic carbocycles. The van der Waals surface area contributed by atoms with Crippen LogP contribution >= 0.6 is 12.2 Å². The molecule has 0 saturated carbocycles. The van der Waals surface area contributed by atoms with Crippen molar-refractivity contribution in [1.82, 2.24) is 24.7 Å². The van der Waals surface area contributed by atoms with Crippen LogP contribution < -0.4 is 5.32 Å². The van der Waals surface area contributed by atoms with Gasteiger partial charge in [0.05, 0.1) is 37.1 Å². The minimum atomic E-state index is 0.0246. The number of nitrogens with one attached hydrogen (secondary N) is 1. The van der Waals surface area contributed by atoms with E-state index in [1.54, 1.807) is 0 Å². The summed E-state index contributed by atoms with van der Waals surface area (Å²) in [5, 5.41) is 4.38. The third-order valence-corrected chi connectivity index (χ3v) is 6.90. The second-order valence-electron chi connectivity index (χ2n) is 8.49. The zero-order valence-electron chi connectivity index (χ0n) is 17.9. The highest BCUT2D eigenvalue weighted by Crippen LogP contribution is 2.38. The van der Waals surface area contributed by atoms with Crippen LogP contribution in [-0.4, -0.2) is 76.6 Å². The van der Waals surface area contributed by atoms with Gasteiger partial charge in [0.25, 0.3) is 0 Å². The lowest BCUT2D eigenvalue weighted by Crippen LogP contribution is -2.43. The Balaban J connectivity index is 1.41. The summed E-state index contributed by atoms with van der Waals surface area (Å²) in [5.41, 5.74) is 2.29. The molecule has 2 aromatic rings. The zero-order chi connectivity index (χ0) is 21.0. The molecule has 0 aromatic carbocycles. The minimum Gasteiger partial charge on any atom is -0.379 e. The first-order chi connectivity index (χ1) is 15.3. The van der Waals surface area contributed by atoms with Crippen molar-refractivity contribution in [3.8, 4) is 0 Å². The van der Waals surface area contributed by atoms with E-state index in [4.69, 9.17) is 21.7 Å². The van der Waals surface area contributed by atoms with Gasteiger partial charge >= 0.3 is 0 Å². The van der Waals surface area contributed by atoms with Crippen molar-refractivity contribution in [2.45, 2.75) is 37.6 Å². The minimum absolute atomic E-state index is 0.0246. The number of ether oxygens (including phenoxy) is 2. The number of pyridine rings is 1. The molecule has 3 saturated heterocycles. The van der Waals surface area contributed by atoms with Crippen LogP contribution in [0.1, 0.15) is 36.3 Å². The van der Waals surface area contributed by atoms with Crippen molar-refractivity contribution in [2.75, 3.05) is 46.0 Å². The van der Waals surface area contributed by atoms with Gasteiger partial charge in [-0.15, -0.1) is 0 Å². The summed E-state index contributed by atoms with van der Waals surface area (Å²) in [6.07, 6.45) is 6.61. The summed E-state index contributed by atoms with van der Waals surface area (Å²) in [4.78, 5) is 9.48. The van der Waals surface area contributed by atoms with Crippen LogP contribution in [0, 0.1) is 0 Å². The number of hydrogen-bond donors (Lipinski definition) is 1. The predicted octanol–water partition coefficient (Wildman–Crippen LogP) is 2.37. The molecule has 5 heterocycles. The fourth-order valence-electron chi connectivity index (χ4n) is 4.91. The Kier molecular flexibility index (Phi) is 6.50. The third-order valence-electron chi connectivity index (χ3n) is 6.55. The first-order valence-electron chi connectivity index (χ1n) is 11.3. The van der Waals surface area contributed by atoms with E-state index in [9.17, 15) is 0 Å². The highest BCUT2D eigenvalue weighted by Gasteiger charge is 2.41. The maximum absolute atomic E-state index is 5.92. The lowest BCUT2D eigenvalue weighted by molar-refractivity contribution is 0.0349. The Morgan fingerprint density at radius 2 is 2.00 bits per heavy atom. The summed E-state index contributed by atoms with van der Waals surface area (Å²) in [7, 11) is 0. The predicted molar refractivity (Wildman–Crippen MR) is 123 cm³/mol. The number of rotatable bonds is 7. The highest BCUT2D eigenvalue weighted by molar-refractivity contribution is 7.80. The highest BCUT2D eigenvalue weighted by atomic mass is 32.1. The Morgan fingerprint density at radius 3 is 2.77 bits per heavy atom. The van der Waals surface area contributed by atoms with Crippen LogP contribution in [0.5, 0.6) is 0 Å². The lowest BCUT2D eigenvalue weighted by Gasteiger charge is -2.32. The summed E-state index contributed by atoms with van der Waals surface area (Å²) in [6, 6.07) is 10.6. The first-order valence-corrected chi connectivity index (χ1v) is 11.8. The van der Waals surface area contributed by atoms with Crippen LogP contribution in [0.15, 0.2) is 42.7 Å². The molecule has 2 aromatic heterocycles. The largest absolute Gasteiger partial charge is 0.379 e. The second-order valence-corrected chi connectivity index (χ2v) is 8.88. The van der Waals surface area contributed by atoms with Gasteiger partial charge in [-0.25, -0.2) is 0 Å². The van der Waals surface area contributed by atoms with Crippen molar-refractivity contribution in [3.05, 3.63) is 54.1 Å². The molecule has 8 heteroatoms. The van der Waals surface area contributed by atoms with Gasteiger partial charge in [0.2, 0.25) is 0 Å². The molecule has 0 amide bonds. The average molecular weight is 442 g/mol. The number of aromatic nitrogens is 2. The van der Waals surface area contributed by atoms with E-state index in [0.29, 0.717) is 6.10 Å². The van der Waals surface area contributed by atoms with Gasteiger partial charge < -0.3 is 24.3 Å². The first kappa shape index (κ1) is 20.9. The van der Waals surface area contributed by atoms with E-state index in [0.717, 1.165) is 76.2 Å². The smallest absolute Gasteiger partial charge is 0.170 e. The fourth-order valence-corrected chi connectivity index (χ4v) is 5.24. The van der Waals surface area contributed by atoms with Crippen LogP contribution in [0.25, 0.3) is 0 Å². The molecule has 3 atom stereocenters. The molecule has 166 valence electrons. The number of thiocarbonyl (C=S) groups is 1. The molecule has 0 spiro atoms. The van der Waals surface area contributed by atoms with Gasteiger partial charge in [0.1, 0.15) is 0 Å². The van der Waals surface area contributed by atoms with Crippen LogP contribution in [0.4, 0.5) is 0 Å². The molecule has 5 rings (SSSR count). The molecular weight excluding hydrogens is 410 g/mol. The summed E-state index contributed by atoms with van der Waals surface area (Å²) >= 11 is 5.83. The Labute approximate surface area is 189 Å². The molecule has 31 heavy (non-hydrogen) atoms. The van der Waals surface area contributed by atoms with E-state index < -0.39 is 0 Å². The molecule has 1 N–H and O–H groups in total. The van der Waals surface area contributed by atoms with E-state index in [1.807, 2.05) is 18.3 Å². The normalized spacial score (nSPS) is 27.0. The molecule has 3 aliphatic rings. The van der Waals surface area contributed by atoms with Crippen LogP contribution in [0.3, 0.4) is 0 Å². The molecule has 0 bridgehead atoms. The SMILES string of the molecule is S=C1N[C@@H](c2ccccn2)[C@@H](c2cccn2C[C@@H]2CCCO2)N1CCN1CCOCC1. The fraction of sp³-hybridized carbons (Fsp3) is 0.565. The van der Waals surface area contributed by atoms with Crippen LogP contribution in [-0.2, 0) is 16.0 Å². The quantitative estimate of drug-likeness (QED) is 0.662. The summed E-state index contributed by atoms with van der Waals surface area (Å²) in [6.45, 7) is 7.21. The Hall–Kier alpha value is -2.00. The van der Waals surface area contributed by atoms with E-state index in [1.165, 1.54) is 5.69 Å². The van der Waals surface area contributed by atoms with Gasteiger partial charge in [0.15, 0.2) is 5.11 Å². The van der Waals surface area contributed by atoms with E-state index in [2.05, 4.69) is 49.1 Å². The maximum atomic E-state index is 5.92. The molecule has 0 radical (unpaired) electrons. The van der Waals surface area contributed by atoms with Crippen LogP contribution in [0.2, 0.25) is 0 Å². The second kappa shape index (κ2) is 9.65. The van der Waals surface area contributed by atoms with Crippen molar-refractivity contribution in [2.24, 2.45) is 0 Å². The van der Waals surface area contributed by atoms with Gasteiger partial charge in [0, 0.05) is 57.4 Å². The molecule has 3 aliphatic heterocycles. The van der Waals surface area contributed by atoms with Gasteiger partial charge in [-0.05, 0) is 49.3 Å². The van der Waals surface area contributed by atoms with Crippen molar-refractivity contribution < 1.29 is 9.47 Å². The number of morpholine rings is 1. The molecule has 3 fully saturated rings. The molecular formula is C23H31N5O2S. The van der Waals surface area contributed by atoms with E-state index >= 15 is 0 Å². The third kappa shape index (κ3) is 4.62. The van der Waals surface area contributed by atoms with Crippen molar-refractivity contribution in [1.29, 1.82) is 0 Å². The number of nitrogens with zero attached hydrogens (tertiary/aromatic N) is 4. The Morgan fingerprint density at radius 1 is 1.10 bits per heavy atom. The van der Waals surface area contributed by atoms with Gasteiger partial charge in [-0.3, -0.25) is 9.88 Å². The molecule has 0 unspecified atom stereocenters. The summed E-state index contributed by atoms with van der Waals surface area (Å²) < 4.78 is 13.8. The van der Waals surface area contributed by atoms with Crippen molar-refractivity contribution in [3.63, 3.8) is 0 Å². The standard InChI is InChI=1S/C23H31N5O2S/c31-23-25-21(19-6-1-2-8-24-19)22(28(23)11-10-26-12-15-29-16-13-26)20-7-3-9-27(20)17-18-5-4-14-30-18/h1-3,6-9,18,21-22H,4-5,10-17H2,(H,25,31)/t18-,21-,22+/m0/s1. The lowest BCUT2D eigenvalue weighted by atomic mass is 10.0. The van der Waals surface area contributed by atoms with Crippen molar-refractivity contribution >= 4 is 17.3 Å². The zero-order valence-corrected chi connectivity index (χ0v) is 18.7. The monoisotopic (exact) mass is 441 g/mol. The van der Waals surface area contributed by atoms with E-state index in [-0.39, 0.29) is 12.1 Å². The van der Waals surface area contributed by atoms with Gasteiger partial charge in [-0.2, -0.15) is 0 Å².